The lowest BCUT2D eigenvalue weighted by Gasteiger charge is -2.36. The standard InChI is InChI=1S/C17H28ClN3/c1-19-10-6-2-3-7-11-20-12-14-21(15-13-20)17-9-5-4-8-16(17)18/h4-5,8-9,19H,2-3,6-7,10-15H2,1H3. The summed E-state index contributed by atoms with van der Waals surface area (Å²) in [5.74, 6) is 0. The second-order valence-electron chi connectivity index (χ2n) is 5.80. The Morgan fingerprint density at radius 2 is 1.71 bits per heavy atom. The molecular weight excluding hydrogens is 282 g/mol. The average molecular weight is 310 g/mol. The Balaban J connectivity index is 1.63. The minimum atomic E-state index is 0.871. The van der Waals surface area contributed by atoms with Gasteiger partial charge in [0.25, 0.3) is 0 Å². The van der Waals surface area contributed by atoms with Crippen LogP contribution in [0.1, 0.15) is 25.7 Å². The molecule has 21 heavy (non-hydrogen) atoms. The first-order chi connectivity index (χ1) is 10.3. The Bertz CT molecular complexity index is 403. The molecule has 1 heterocycles. The van der Waals surface area contributed by atoms with Crippen LogP contribution in [0.2, 0.25) is 5.02 Å². The molecule has 0 amide bonds. The highest BCUT2D eigenvalue weighted by Gasteiger charge is 2.17. The highest BCUT2D eigenvalue weighted by atomic mass is 35.5. The number of anilines is 1. The van der Waals surface area contributed by atoms with Gasteiger partial charge < -0.3 is 10.2 Å². The SMILES string of the molecule is CNCCCCCCN1CCN(c2ccccc2Cl)CC1. The van der Waals surface area contributed by atoms with Crippen molar-refractivity contribution in [3.63, 3.8) is 0 Å². The number of unbranched alkanes of at least 4 members (excludes halogenated alkanes) is 3. The number of benzene rings is 1. The van der Waals surface area contributed by atoms with E-state index in [2.05, 4.69) is 27.2 Å². The second-order valence-corrected chi connectivity index (χ2v) is 6.21. The van der Waals surface area contributed by atoms with Gasteiger partial charge in [-0.2, -0.15) is 0 Å². The van der Waals surface area contributed by atoms with Crippen molar-refractivity contribution in [1.29, 1.82) is 0 Å². The first kappa shape index (κ1) is 16.6. The molecule has 1 aliphatic rings. The van der Waals surface area contributed by atoms with Crippen LogP contribution in [-0.2, 0) is 0 Å². The smallest absolute Gasteiger partial charge is 0.0639 e. The van der Waals surface area contributed by atoms with Crippen molar-refractivity contribution in [2.75, 3.05) is 51.2 Å². The molecule has 0 aromatic heterocycles. The van der Waals surface area contributed by atoms with Crippen molar-refractivity contribution in [3.8, 4) is 0 Å². The Morgan fingerprint density at radius 1 is 1.00 bits per heavy atom. The largest absolute Gasteiger partial charge is 0.368 e. The van der Waals surface area contributed by atoms with E-state index in [0.717, 1.165) is 37.7 Å². The van der Waals surface area contributed by atoms with Crippen LogP contribution in [0.15, 0.2) is 24.3 Å². The quantitative estimate of drug-likeness (QED) is 0.744. The highest BCUT2D eigenvalue weighted by molar-refractivity contribution is 6.33. The fourth-order valence-corrected chi connectivity index (χ4v) is 3.17. The molecule has 0 atom stereocenters. The first-order valence-corrected chi connectivity index (χ1v) is 8.55. The van der Waals surface area contributed by atoms with E-state index in [1.807, 2.05) is 19.2 Å². The van der Waals surface area contributed by atoms with Gasteiger partial charge in [-0.25, -0.2) is 0 Å². The number of halogens is 1. The zero-order valence-electron chi connectivity index (χ0n) is 13.2. The van der Waals surface area contributed by atoms with Crippen LogP contribution in [0, 0.1) is 0 Å². The molecule has 1 aliphatic heterocycles. The van der Waals surface area contributed by atoms with Gasteiger partial charge in [0.15, 0.2) is 0 Å². The van der Waals surface area contributed by atoms with Crippen LogP contribution in [0.4, 0.5) is 5.69 Å². The Labute approximate surface area is 134 Å². The lowest BCUT2D eigenvalue weighted by atomic mass is 10.1. The van der Waals surface area contributed by atoms with Crippen molar-refractivity contribution in [3.05, 3.63) is 29.3 Å². The zero-order valence-corrected chi connectivity index (χ0v) is 13.9. The zero-order chi connectivity index (χ0) is 14.9. The molecule has 0 bridgehead atoms. The van der Waals surface area contributed by atoms with Gasteiger partial charge in [0.1, 0.15) is 0 Å². The lowest BCUT2D eigenvalue weighted by molar-refractivity contribution is 0.252. The molecule has 118 valence electrons. The van der Waals surface area contributed by atoms with E-state index in [-0.39, 0.29) is 0 Å². The summed E-state index contributed by atoms with van der Waals surface area (Å²) >= 11 is 6.28. The highest BCUT2D eigenvalue weighted by Crippen LogP contribution is 2.26. The minimum Gasteiger partial charge on any atom is -0.368 e. The summed E-state index contributed by atoms with van der Waals surface area (Å²) in [5.41, 5.74) is 1.19. The normalized spacial score (nSPS) is 16.4. The van der Waals surface area contributed by atoms with E-state index in [1.54, 1.807) is 0 Å². The Morgan fingerprint density at radius 3 is 2.43 bits per heavy atom. The molecule has 4 heteroatoms. The van der Waals surface area contributed by atoms with Gasteiger partial charge in [0, 0.05) is 26.2 Å². The molecule has 1 aromatic carbocycles. The van der Waals surface area contributed by atoms with E-state index < -0.39 is 0 Å². The molecule has 0 unspecified atom stereocenters. The van der Waals surface area contributed by atoms with E-state index in [1.165, 1.54) is 37.9 Å². The van der Waals surface area contributed by atoms with E-state index in [4.69, 9.17) is 11.6 Å². The summed E-state index contributed by atoms with van der Waals surface area (Å²) in [6.07, 6.45) is 5.33. The van der Waals surface area contributed by atoms with Crippen molar-refractivity contribution in [2.45, 2.75) is 25.7 Å². The van der Waals surface area contributed by atoms with E-state index in [9.17, 15) is 0 Å². The summed E-state index contributed by atoms with van der Waals surface area (Å²) in [6, 6.07) is 8.17. The summed E-state index contributed by atoms with van der Waals surface area (Å²) in [5, 5.41) is 4.08. The van der Waals surface area contributed by atoms with Crippen molar-refractivity contribution >= 4 is 17.3 Å². The maximum atomic E-state index is 6.28. The Hall–Kier alpha value is -0.770. The van der Waals surface area contributed by atoms with Crippen LogP contribution in [0.3, 0.4) is 0 Å². The summed E-state index contributed by atoms with van der Waals surface area (Å²) < 4.78 is 0. The Kier molecular flexibility index (Phi) is 7.34. The third-order valence-electron chi connectivity index (χ3n) is 4.22. The molecule has 0 aliphatic carbocycles. The first-order valence-electron chi connectivity index (χ1n) is 8.17. The van der Waals surface area contributed by atoms with Gasteiger partial charge in [0.2, 0.25) is 0 Å². The predicted octanol–water partition coefficient (Wildman–Crippen LogP) is 3.24. The maximum Gasteiger partial charge on any atom is 0.0639 e. The number of nitrogens with zero attached hydrogens (tertiary/aromatic N) is 2. The van der Waals surface area contributed by atoms with Crippen molar-refractivity contribution in [2.24, 2.45) is 0 Å². The van der Waals surface area contributed by atoms with Gasteiger partial charge in [-0.1, -0.05) is 36.6 Å². The molecule has 1 aromatic rings. The molecule has 3 nitrogen and oxygen atoms in total. The fraction of sp³-hybridized carbons (Fsp3) is 0.647. The van der Waals surface area contributed by atoms with E-state index in [0.29, 0.717) is 0 Å². The van der Waals surface area contributed by atoms with Crippen molar-refractivity contribution in [1.82, 2.24) is 10.2 Å². The predicted molar refractivity (Wildman–Crippen MR) is 92.5 cm³/mol. The summed E-state index contributed by atoms with van der Waals surface area (Å²) in [7, 11) is 2.03. The minimum absolute atomic E-state index is 0.871. The lowest BCUT2D eigenvalue weighted by Crippen LogP contribution is -2.46. The van der Waals surface area contributed by atoms with E-state index >= 15 is 0 Å². The van der Waals surface area contributed by atoms with Gasteiger partial charge in [-0.15, -0.1) is 0 Å². The van der Waals surface area contributed by atoms with Crippen molar-refractivity contribution < 1.29 is 0 Å². The maximum absolute atomic E-state index is 6.28. The molecule has 1 saturated heterocycles. The number of hydrogen-bond acceptors (Lipinski definition) is 3. The summed E-state index contributed by atoms with van der Waals surface area (Å²) in [6.45, 7) is 6.88. The van der Waals surface area contributed by atoms with Gasteiger partial charge >= 0.3 is 0 Å². The molecule has 0 saturated carbocycles. The number of hydrogen-bond donors (Lipinski definition) is 1. The van der Waals surface area contributed by atoms with Crippen LogP contribution < -0.4 is 10.2 Å². The molecular formula is C17H28ClN3. The molecule has 2 rings (SSSR count). The molecule has 1 N–H and O–H groups in total. The summed E-state index contributed by atoms with van der Waals surface area (Å²) in [4.78, 5) is 5.00. The molecule has 0 spiro atoms. The van der Waals surface area contributed by atoms with Gasteiger partial charge in [0.05, 0.1) is 10.7 Å². The molecule has 0 radical (unpaired) electrons. The third-order valence-corrected chi connectivity index (χ3v) is 4.54. The van der Waals surface area contributed by atoms with Crippen LogP contribution >= 0.6 is 11.6 Å². The van der Waals surface area contributed by atoms with Gasteiger partial charge in [-0.05, 0) is 45.1 Å². The molecule has 1 fully saturated rings. The van der Waals surface area contributed by atoms with Gasteiger partial charge in [-0.3, -0.25) is 4.90 Å². The van der Waals surface area contributed by atoms with Crippen LogP contribution in [0.5, 0.6) is 0 Å². The fourth-order valence-electron chi connectivity index (χ4n) is 2.91. The number of piperazine rings is 1. The number of rotatable bonds is 8. The topological polar surface area (TPSA) is 18.5 Å². The second kappa shape index (κ2) is 9.29. The monoisotopic (exact) mass is 309 g/mol. The third kappa shape index (κ3) is 5.50. The van der Waals surface area contributed by atoms with Crippen LogP contribution in [0.25, 0.3) is 0 Å². The number of para-hydroxylation sites is 1. The van der Waals surface area contributed by atoms with Crippen LogP contribution in [-0.4, -0.2) is 51.2 Å². The average Bonchev–Trinajstić information content (AvgIpc) is 2.52. The number of nitrogens with one attached hydrogen (secondary N) is 1.